The number of pyridine rings is 1. The van der Waals surface area contributed by atoms with E-state index in [2.05, 4.69) is 26.9 Å². The number of likely N-dealkylation sites (tertiary alicyclic amines) is 1. The fourth-order valence-corrected chi connectivity index (χ4v) is 4.06. The van der Waals surface area contributed by atoms with Gasteiger partial charge in [0.25, 0.3) is 0 Å². The third-order valence-electron chi connectivity index (χ3n) is 5.39. The third-order valence-corrected chi connectivity index (χ3v) is 5.39. The van der Waals surface area contributed by atoms with E-state index < -0.39 is 0 Å². The minimum Gasteiger partial charge on any atom is -0.379 e. The molecule has 0 radical (unpaired) electrons. The van der Waals surface area contributed by atoms with Crippen molar-refractivity contribution in [1.29, 1.82) is 0 Å². The first-order chi connectivity index (χ1) is 11.3. The van der Waals surface area contributed by atoms with Crippen molar-refractivity contribution in [2.45, 2.75) is 25.0 Å². The fraction of sp³-hybridized carbons (Fsp3) is 0.722. The number of ether oxygens (including phenoxy) is 2. The lowest BCUT2D eigenvalue weighted by atomic mass is 9.82. The SMILES string of the molecule is c1ccc(CN2CC3(CC[C@@H](CN4CCOCC4)CO3)C2)nc1. The maximum Gasteiger partial charge on any atom is 0.0935 e. The van der Waals surface area contributed by atoms with Crippen molar-refractivity contribution in [3.8, 4) is 0 Å². The molecule has 1 aromatic rings. The first kappa shape index (κ1) is 15.5. The molecule has 3 aliphatic rings. The van der Waals surface area contributed by atoms with Crippen LogP contribution in [0.25, 0.3) is 0 Å². The Morgan fingerprint density at radius 2 is 2.04 bits per heavy atom. The van der Waals surface area contributed by atoms with E-state index in [4.69, 9.17) is 9.47 Å². The standard InChI is InChI=1S/C18H27N3O2/c1-2-6-19-17(3-1)12-21-14-18(15-21)5-4-16(13-23-18)11-20-7-9-22-10-8-20/h1-3,6,16H,4-5,7-15H2/t16-/m0/s1. The predicted molar refractivity (Wildman–Crippen MR) is 88.2 cm³/mol. The van der Waals surface area contributed by atoms with Crippen LogP contribution in [0, 0.1) is 5.92 Å². The molecule has 5 heteroatoms. The van der Waals surface area contributed by atoms with Gasteiger partial charge in [0.1, 0.15) is 0 Å². The summed E-state index contributed by atoms with van der Waals surface area (Å²) in [6, 6.07) is 6.14. The summed E-state index contributed by atoms with van der Waals surface area (Å²) in [5, 5.41) is 0. The zero-order chi connectivity index (χ0) is 15.5. The van der Waals surface area contributed by atoms with Gasteiger partial charge in [0.15, 0.2) is 0 Å². The first-order valence-corrected chi connectivity index (χ1v) is 8.88. The van der Waals surface area contributed by atoms with Gasteiger partial charge in [-0.15, -0.1) is 0 Å². The van der Waals surface area contributed by atoms with Gasteiger partial charge < -0.3 is 9.47 Å². The van der Waals surface area contributed by atoms with Crippen LogP contribution in [0.5, 0.6) is 0 Å². The van der Waals surface area contributed by atoms with Gasteiger partial charge in [-0.25, -0.2) is 0 Å². The highest BCUT2D eigenvalue weighted by Gasteiger charge is 2.46. The summed E-state index contributed by atoms with van der Waals surface area (Å²) in [5.41, 5.74) is 1.29. The number of aromatic nitrogens is 1. The summed E-state index contributed by atoms with van der Waals surface area (Å²) in [4.78, 5) is 9.39. The van der Waals surface area contributed by atoms with Crippen LogP contribution >= 0.6 is 0 Å². The Labute approximate surface area is 138 Å². The van der Waals surface area contributed by atoms with Crippen molar-refractivity contribution in [3.05, 3.63) is 30.1 Å². The topological polar surface area (TPSA) is 37.8 Å². The second kappa shape index (κ2) is 6.85. The first-order valence-electron chi connectivity index (χ1n) is 8.88. The Bertz CT molecular complexity index is 488. The van der Waals surface area contributed by atoms with E-state index in [1.54, 1.807) is 0 Å². The molecule has 1 aromatic heterocycles. The summed E-state index contributed by atoms with van der Waals surface area (Å²) < 4.78 is 11.7. The maximum atomic E-state index is 6.30. The molecule has 23 heavy (non-hydrogen) atoms. The lowest BCUT2D eigenvalue weighted by molar-refractivity contribution is -0.184. The van der Waals surface area contributed by atoms with Crippen LogP contribution in [-0.4, -0.2) is 72.9 Å². The molecule has 0 saturated carbocycles. The molecule has 4 rings (SSSR count). The highest BCUT2D eigenvalue weighted by atomic mass is 16.5. The van der Waals surface area contributed by atoms with E-state index in [9.17, 15) is 0 Å². The van der Waals surface area contributed by atoms with E-state index in [0.29, 0.717) is 5.92 Å². The molecule has 0 amide bonds. The molecule has 0 unspecified atom stereocenters. The normalized spacial score (nSPS) is 28.6. The van der Waals surface area contributed by atoms with Crippen molar-refractivity contribution in [1.82, 2.24) is 14.8 Å². The quantitative estimate of drug-likeness (QED) is 0.839. The van der Waals surface area contributed by atoms with Crippen LogP contribution in [0.1, 0.15) is 18.5 Å². The average molecular weight is 317 g/mol. The third kappa shape index (κ3) is 3.74. The number of rotatable bonds is 4. The Morgan fingerprint density at radius 3 is 2.74 bits per heavy atom. The van der Waals surface area contributed by atoms with Gasteiger partial charge in [-0.3, -0.25) is 14.8 Å². The Morgan fingerprint density at radius 1 is 1.17 bits per heavy atom. The molecule has 0 aromatic carbocycles. The summed E-state index contributed by atoms with van der Waals surface area (Å²) in [6.45, 7) is 9.12. The Kier molecular flexibility index (Phi) is 4.62. The van der Waals surface area contributed by atoms with Crippen molar-refractivity contribution in [3.63, 3.8) is 0 Å². The second-order valence-corrected chi connectivity index (χ2v) is 7.28. The fourth-order valence-electron chi connectivity index (χ4n) is 4.06. The highest BCUT2D eigenvalue weighted by Crippen LogP contribution is 2.36. The molecule has 1 spiro atoms. The summed E-state index contributed by atoms with van der Waals surface area (Å²) >= 11 is 0. The van der Waals surface area contributed by atoms with Crippen LogP contribution < -0.4 is 0 Å². The van der Waals surface area contributed by atoms with E-state index in [1.807, 2.05) is 12.3 Å². The van der Waals surface area contributed by atoms with Crippen molar-refractivity contribution >= 4 is 0 Å². The summed E-state index contributed by atoms with van der Waals surface area (Å²) in [5.74, 6) is 0.698. The highest BCUT2D eigenvalue weighted by molar-refractivity contribution is 5.07. The molecule has 0 bridgehead atoms. The van der Waals surface area contributed by atoms with E-state index >= 15 is 0 Å². The van der Waals surface area contributed by atoms with E-state index in [1.165, 1.54) is 19.4 Å². The second-order valence-electron chi connectivity index (χ2n) is 7.28. The molecule has 5 nitrogen and oxygen atoms in total. The molecule has 3 fully saturated rings. The van der Waals surface area contributed by atoms with Gasteiger partial charge in [-0.1, -0.05) is 6.07 Å². The van der Waals surface area contributed by atoms with Crippen LogP contribution in [0.3, 0.4) is 0 Å². The van der Waals surface area contributed by atoms with Crippen LogP contribution in [0.4, 0.5) is 0 Å². The van der Waals surface area contributed by atoms with Crippen LogP contribution in [0.2, 0.25) is 0 Å². The van der Waals surface area contributed by atoms with Gasteiger partial charge >= 0.3 is 0 Å². The van der Waals surface area contributed by atoms with Gasteiger partial charge in [-0.05, 0) is 30.9 Å². The van der Waals surface area contributed by atoms with Gasteiger partial charge in [0, 0.05) is 45.5 Å². The zero-order valence-electron chi connectivity index (χ0n) is 13.8. The smallest absolute Gasteiger partial charge is 0.0935 e. The molecule has 126 valence electrons. The van der Waals surface area contributed by atoms with Crippen molar-refractivity contribution in [2.75, 3.05) is 52.5 Å². The minimum atomic E-state index is 0.135. The van der Waals surface area contributed by atoms with Crippen molar-refractivity contribution < 1.29 is 9.47 Å². The van der Waals surface area contributed by atoms with Crippen LogP contribution in [0.15, 0.2) is 24.4 Å². The molecular formula is C18H27N3O2. The largest absolute Gasteiger partial charge is 0.379 e. The molecule has 3 saturated heterocycles. The number of hydrogen-bond acceptors (Lipinski definition) is 5. The molecular weight excluding hydrogens is 290 g/mol. The monoisotopic (exact) mass is 317 g/mol. The van der Waals surface area contributed by atoms with Crippen LogP contribution in [-0.2, 0) is 16.0 Å². The maximum absolute atomic E-state index is 6.30. The predicted octanol–water partition coefficient (Wildman–Crippen LogP) is 1.39. The Balaban J connectivity index is 1.20. The summed E-state index contributed by atoms with van der Waals surface area (Å²) in [7, 11) is 0. The van der Waals surface area contributed by atoms with E-state index in [-0.39, 0.29) is 5.60 Å². The molecule has 0 aliphatic carbocycles. The molecule has 4 heterocycles. The zero-order valence-corrected chi connectivity index (χ0v) is 13.8. The molecule has 1 atom stereocenters. The average Bonchev–Trinajstić information content (AvgIpc) is 2.57. The molecule has 3 aliphatic heterocycles. The summed E-state index contributed by atoms with van der Waals surface area (Å²) in [6.07, 6.45) is 4.38. The van der Waals surface area contributed by atoms with Gasteiger partial charge in [0.05, 0.1) is 31.1 Å². The van der Waals surface area contributed by atoms with Crippen molar-refractivity contribution in [2.24, 2.45) is 5.92 Å². The lowest BCUT2D eigenvalue weighted by Gasteiger charge is -2.53. The Hall–Kier alpha value is -1.01. The van der Waals surface area contributed by atoms with Gasteiger partial charge in [-0.2, -0.15) is 0 Å². The minimum absolute atomic E-state index is 0.135. The number of morpholine rings is 1. The van der Waals surface area contributed by atoms with E-state index in [0.717, 1.165) is 58.2 Å². The number of hydrogen-bond donors (Lipinski definition) is 0. The molecule has 0 N–H and O–H groups in total. The number of nitrogens with zero attached hydrogens (tertiary/aromatic N) is 3. The lowest BCUT2D eigenvalue weighted by Crippen LogP contribution is -2.64. The van der Waals surface area contributed by atoms with Gasteiger partial charge in [0.2, 0.25) is 0 Å².